The van der Waals surface area contributed by atoms with Gasteiger partial charge in [0.1, 0.15) is 0 Å². The van der Waals surface area contributed by atoms with E-state index in [1.807, 2.05) is 0 Å². The van der Waals surface area contributed by atoms with Crippen molar-refractivity contribution in [2.75, 3.05) is 0 Å². The summed E-state index contributed by atoms with van der Waals surface area (Å²) in [7, 11) is -3.86. The Kier molecular flexibility index (Phi) is 2.43. The van der Waals surface area contributed by atoms with E-state index in [4.69, 9.17) is 4.55 Å². The van der Waals surface area contributed by atoms with Crippen molar-refractivity contribution in [2.45, 2.75) is 18.6 Å². The molecule has 0 aromatic carbocycles. The van der Waals surface area contributed by atoms with E-state index in [-0.39, 0.29) is 0 Å². The van der Waals surface area contributed by atoms with Gasteiger partial charge < -0.3 is 0 Å². The maximum atomic E-state index is 10.1. The van der Waals surface area contributed by atoms with Crippen molar-refractivity contribution in [3.05, 3.63) is 6.92 Å². The van der Waals surface area contributed by atoms with Crippen LogP contribution in [0.3, 0.4) is 0 Å². The summed E-state index contributed by atoms with van der Waals surface area (Å²) in [5.41, 5.74) is 0. The van der Waals surface area contributed by atoms with Crippen LogP contribution in [0.1, 0.15) is 13.3 Å². The first kappa shape index (κ1) is 7.91. The molecule has 1 unspecified atom stereocenters. The molecule has 0 spiro atoms. The van der Waals surface area contributed by atoms with Crippen LogP contribution in [0.4, 0.5) is 0 Å². The third kappa shape index (κ3) is 2.28. The van der Waals surface area contributed by atoms with Crippen LogP contribution in [-0.2, 0) is 10.1 Å². The summed E-state index contributed by atoms with van der Waals surface area (Å²) < 4.78 is 28.3. The highest BCUT2D eigenvalue weighted by Gasteiger charge is 2.13. The Labute approximate surface area is 49.5 Å². The first-order valence-corrected chi connectivity index (χ1v) is 3.78. The fourth-order valence-corrected chi connectivity index (χ4v) is 0.632. The minimum atomic E-state index is -3.86. The Morgan fingerprint density at radius 3 is 2.12 bits per heavy atom. The summed E-state index contributed by atoms with van der Waals surface area (Å²) in [6.45, 7) is 4.83. The van der Waals surface area contributed by atoms with Crippen molar-refractivity contribution < 1.29 is 13.0 Å². The van der Waals surface area contributed by atoms with Crippen LogP contribution < -0.4 is 0 Å². The van der Waals surface area contributed by atoms with E-state index >= 15 is 0 Å². The second-order valence-electron chi connectivity index (χ2n) is 1.55. The topological polar surface area (TPSA) is 54.4 Å². The van der Waals surface area contributed by atoms with Crippen LogP contribution in [-0.4, -0.2) is 18.2 Å². The maximum absolute atomic E-state index is 10.1. The first-order valence-electron chi connectivity index (χ1n) is 2.28. The largest absolute Gasteiger partial charge is 0.285 e. The Hall–Kier alpha value is -0.0900. The molecule has 0 saturated carbocycles. The van der Waals surface area contributed by atoms with Gasteiger partial charge in [-0.3, -0.25) is 4.55 Å². The average Bonchev–Trinajstić information content (AvgIpc) is 1.62. The van der Waals surface area contributed by atoms with Crippen LogP contribution in [0.5, 0.6) is 0 Å². The van der Waals surface area contributed by atoms with Gasteiger partial charge in [0.05, 0.1) is 5.25 Å². The minimum Gasteiger partial charge on any atom is -0.285 e. The zero-order valence-corrected chi connectivity index (χ0v) is 5.48. The predicted octanol–water partition coefficient (Wildman–Crippen LogP) is 0.487. The van der Waals surface area contributed by atoms with Crippen molar-refractivity contribution in [1.29, 1.82) is 0 Å². The molecule has 49 valence electrons. The SMILES string of the molecule is [CH2]C(CC)S(=O)(=O)O. The second-order valence-corrected chi connectivity index (χ2v) is 3.24. The molecule has 4 heteroatoms. The average molecular weight is 137 g/mol. The molecule has 0 saturated heterocycles. The molecule has 0 aromatic rings. The van der Waals surface area contributed by atoms with Gasteiger partial charge in [-0.05, 0) is 13.3 Å². The van der Waals surface area contributed by atoms with Gasteiger partial charge in [0.2, 0.25) is 0 Å². The van der Waals surface area contributed by atoms with Gasteiger partial charge in [-0.2, -0.15) is 8.42 Å². The fraction of sp³-hybridized carbons (Fsp3) is 0.750. The summed E-state index contributed by atoms with van der Waals surface area (Å²) >= 11 is 0. The molecule has 0 fully saturated rings. The molecule has 1 atom stereocenters. The van der Waals surface area contributed by atoms with Crippen LogP contribution in [0.25, 0.3) is 0 Å². The van der Waals surface area contributed by atoms with Crippen LogP contribution >= 0.6 is 0 Å². The summed E-state index contributed by atoms with van der Waals surface area (Å²) in [6.07, 6.45) is 0.346. The van der Waals surface area contributed by atoms with Gasteiger partial charge in [0, 0.05) is 0 Å². The smallest absolute Gasteiger partial charge is 0.267 e. The highest BCUT2D eigenvalue weighted by Crippen LogP contribution is 1.99. The molecule has 0 amide bonds. The predicted molar refractivity (Wildman–Crippen MR) is 31.0 cm³/mol. The summed E-state index contributed by atoms with van der Waals surface area (Å²) in [6, 6.07) is 0. The molecule has 0 aliphatic carbocycles. The molecule has 0 aliphatic heterocycles. The zero-order valence-electron chi connectivity index (χ0n) is 4.66. The van der Waals surface area contributed by atoms with Crippen LogP contribution in [0.15, 0.2) is 0 Å². The summed E-state index contributed by atoms with van der Waals surface area (Å²) in [5.74, 6) is 0. The fourth-order valence-electron chi connectivity index (χ4n) is 0.211. The molecule has 1 radical (unpaired) electrons. The lowest BCUT2D eigenvalue weighted by Crippen LogP contribution is -2.14. The van der Waals surface area contributed by atoms with Crippen LogP contribution in [0, 0.1) is 6.92 Å². The molecule has 1 N–H and O–H groups in total. The monoisotopic (exact) mass is 137 g/mol. The van der Waals surface area contributed by atoms with E-state index in [0.717, 1.165) is 0 Å². The van der Waals surface area contributed by atoms with Gasteiger partial charge >= 0.3 is 0 Å². The third-order valence-electron chi connectivity index (χ3n) is 0.877. The minimum absolute atomic E-state index is 0.346. The van der Waals surface area contributed by atoms with Crippen molar-refractivity contribution in [3.8, 4) is 0 Å². The molecule has 3 nitrogen and oxygen atoms in total. The Morgan fingerprint density at radius 1 is 1.75 bits per heavy atom. The van der Waals surface area contributed by atoms with Crippen molar-refractivity contribution in [3.63, 3.8) is 0 Å². The zero-order chi connectivity index (χ0) is 6.78. The van der Waals surface area contributed by atoms with Crippen molar-refractivity contribution in [2.24, 2.45) is 0 Å². The maximum Gasteiger partial charge on any atom is 0.267 e. The van der Waals surface area contributed by atoms with E-state index < -0.39 is 15.4 Å². The Balaban J connectivity index is 4.04. The Bertz CT molecular complexity index is 147. The van der Waals surface area contributed by atoms with Gasteiger partial charge in [0.15, 0.2) is 0 Å². The molecule has 0 bridgehead atoms. The third-order valence-corrected chi connectivity index (χ3v) is 2.05. The summed E-state index contributed by atoms with van der Waals surface area (Å²) in [4.78, 5) is 0. The van der Waals surface area contributed by atoms with E-state index in [1.54, 1.807) is 6.92 Å². The molecule has 0 rings (SSSR count). The highest BCUT2D eigenvalue weighted by atomic mass is 32.2. The van der Waals surface area contributed by atoms with E-state index in [0.29, 0.717) is 6.42 Å². The molecule has 0 aliphatic rings. The first-order chi connectivity index (χ1) is 3.48. The van der Waals surface area contributed by atoms with Gasteiger partial charge in [-0.15, -0.1) is 0 Å². The van der Waals surface area contributed by atoms with Gasteiger partial charge in [0.25, 0.3) is 10.1 Å². The Morgan fingerprint density at radius 2 is 2.12 bits per heavy atom. The normalized spacial score (nSPS) is 15.9. The lowest BCUT2D eigenvalue weighted by atomic mass is 10.4. The molecule has 0 heterocycles. The van der Waals surface area contributed by atoms with E-state index in [2.05, 4.69) is 6.92 Å². The summed E-state index contributed by atoms with van der Waals surface area (Å²) in [5, 5.41) is -0.873. The number of rotatable bonds is 2. The molecular weight excluding hydrogens is 128 g/mol. The second kappa shape index (κ2) is 2.46. The van der Waals surface area contributed by atoms with Crippen LogP contribution in [0.2, 0.25) is 0 Å². The van der Waals surface area contributed by atoms with Crippen molar-refractivity contribution >= 4 is 10.1 Å². The quantitative estimate of drug-likeness (QED) is 0.563. The van der Waals surface area contributed by atoms with Crippen molar-refractivity contribution in [1.82, 2.24) is 0 Å². The van der Waals surface area contributed by atoms with Gasteiger partial charge in [-0.25, -0.2) is 0 Å². The van der Waals surface area contributed by atoms with E-state index in [1.165, 1.54) is 0 Å². The molecule has 8 heavy (non-hydrogen) atoms. The lowest BCUT2D eigenvalue weighted by Gasteiger charge is -2.00. The highest BCUT2D eigenvalue weighted by molar-refractivity contribution is 7.86. The lowest BCUT2D eigenvalue weighted by molar-refractivity contribution is 0.473. The van der Waals surface area contributed by atoms with E-state index in [9.17, 15) is 8.42 Å². The molecular formula is C4H9O3S. The standard InChI is InChI=1S/C4H9O3S/c1-3-4(2)8(5,6)7/h4H,2-3H2,1H3,(H,5,6,7). The van der Waals surface area contributed by atoms with Gasteiger partial charge in [-0.1, -0.05) is 6.92 Å². The number of hydrogen-bond donors (Lipinski definition) is 1. The molecule has 0 aromatic heterocycles. The number of hydrogen-bond acceptors (Lipinski definition) is 2.